The number of nitrogens with one attached hydrogen (secondary N) is 2. The number of anilines is 1. The molecule has 0 spiro atoms. The summed E-state index contributed by atoms with van der Waals surface area (Å²) in [5.41, 5.74) is -1.07. The van der Waals surface area contributed by atoms with Crippen LogP contribution in [0, 0.1) is 11.3 Å². The molecule has 1 atom stereocenters. The second kappa shape index (κ2) is 6.54. The standard InChI is InChI=1S/C15H19N5O3/c1-10(2)20-8-11(7-16)13(19-20)18-14(21)17-9-15(3,22)12-5-4-6-23-12/h4-6,8,10,22H,9H2,1-3H3,(H2,17,18,19,21). The Kier molecular flexibility index (Phi) is 4.71. The Balaban J connectivity index is 1.99. The van der Waals surface area contributed by atoms with Gasteiger partial charge in [-0.05, 0) is 32.9 Å². The van der Waals surface area contributed by atoms with Crippen LogP contribution in [-0.4, -0.2) is 27.5 Å². The highest BCUT2D eigenvalue weighted by atomic mass is 16.4. The van der Waals surface area contributed by atoms with E-state index < -0.39 is 11.6 Å². The second-order valence-electron chi connectivity index (χ2n) is 5.64. The van der Waals surface area contributed by atoms with Crippen LogP contribution in [0.2, 0.25) is 0 Å². The SMILES string of the molecule is CC(C)n1cc(C#N)c(NC(=O)NCC(C)(O)c2ccco2)n1. The minimum absolute atomic E-state index is 0.0564. The van der Waals surface area contributed by atoms with E-state index in [0.717, 1.165) is 0 Å². The highest BCUT2D eigenvalue weighted by Gasteiger charge is 2.27. The molecule has 8 heteroatoms. The van der Waals surface area contributed by atoms with Crippen LogP contribution >= 0.6 is 0 Å². The Morgan fingerprint density at radius 1 is 1.61 bits per heavy atom. The van der Waals surface area contributed by atoms with Gasteiger partial charge in [-0.3, -0.25) is 10.00 Å². The number of carbonyl (C=O) groups is 1. The van der Waals surface area contributed by atoms with Crippen LogP contribution in [0.1, 0.15) is 38.1 Å². The Hall–Kier alpha value is -2.79. The van der Waals surface area contributed by atoms with Crippen LogP contribution in [0.4, 0.5) is 10.6 Å². The Labute approximate surface area is 133 Å². The third-order valence-electron chi connectivity index (χ3n) is 3.26. The van der Waals surface area contributed by atoms with Crippen molar-refractivity contribution in [3.05, 3.63) is 35.9 Å². The molecule has 2 amide bonds. The first-order valence-electron chi connectivity index (χ1n) is 7.14. The number of nitrogens with zero attached hydrogens (tertiary/aromatic N) is 3. The first kappa shape index (κ1) is 16.6. The molecule has 0 fully saturated rings. The third kappa shape index (κ3) is 3.90. The fourth-order valence-corrected chi connectivity index (χ4v) is 1.91. The zero-order chi connectivity index (χ0) is 17.0. The zero-order valence-corrected chi connectivity index (χ0v) is 13.2. The topological polar surface area (TPSA) is 116 Å². The van der Waals surface area contributed by atoms with Gasteiger partial charge in [0.05, 0.1) is 12.8 Å². The molecular formula is C15H19N5O3. The molecule has 3 N–H and O–H groups in total. The van der Waals surface area contributed by atoms with E-state index >= 15 is 0 Å². The minimum Gasteiger partial charge on any atom is -0.466 e. The average molecular weight is 317 g/mol. The van der Waals surface area contributed by atoms with Crippen LogP contribution in [0.15, 0.2) is 29.0 Å². The fraction of sp³-hybridized carbons (Fsp3) is 0.400. The quantitative estimate of drug-likeness (QED) is 0.779. The summed E-state index contributed by atoms with van der Waals surface area (Å²) < 4.78 is 6.73. The van der Waals surface area contributed by atoms with Gasteiger partial charge in [0.25, 0.3) is 0 Å². The Morgan fingerprint density at radius 3 is 2.91 bits per heavy atom. The summed E-state index contributed by atoms with van der Waals surface area (Å²) in [6.07, 6.45) is 3.01. The Morgan fingerprint density at radius 2 is 2.35 bits per heavy atom. The van der Waals surface area contributed by atoms with E-state index in [1.165, 1.54) is 13.2 Å². The monoisotopic (exact) mass is 317 g/mol. The number of aromatic nitrogens is 2. The van der Waals surface area contributed by atoms with Crippen molar-refractivity contribution >= 4 is 11.8 Å². The van der Waals surface area contributed by atoms with Gasteiger partial charge in [0.15, 0.2) is 5.82 Å². The molecule has 23 heavy (non-hydrogen) atoms. The summed E-state index contributed by atoms with van der Waals surface area (Å²) in [6.45, 7) is 5.30. The highest BCUT2D eigenvalue weighted by Crippen LogP contribution is 2.20. The molecule has 0 saturated heterocycles. The van der Waals surface area contributed by atoms with E-state index in [1.807, 2.05) is 19.9 Å². The smallest absolute Gasteiger partial charge is 0.320 e. The predicted octanol–water partition coefficient (Wildman–Crippen LogP) is 1.96. The van der Waals surface area contributed by atoms with E-state index in [2.05, 4.69) is 15.7 Å². The number of hydrogen-bond acceptors (Lipinski definition) is 5. The second-order valence-corrected chi connectivity index (χ2v) is 5.64. The lowest BCUT2D eigenvalue weighted by Crippen LogP contribution is -2.40. The number of urea groups is 1. The highest BCUT2D eigenvalue weighted by molar-refractivity contribution is 5.89. The Bertz CT molecular complexity index is 710. The summed E-state index contributed by atoms with van der Waals surface area (Å²) in [7, 11) is 0. The predicted molar refractivity (Wildman–Crippen MR) is 82.6 cm³/mol. The summed E-state index contributed by atoms with van der Waals surface area (Å²) in [5, 5.41) is 28.5. The van der Waals surface area contributed by atoms with E-state index in [9.17, 15) is 9.90 Å². The molecule has 2 aromatic heterocycles. The molecular weight excluding hydrogens is 298 g/mol. The molecule has 0 aromatic carbocycles. The van der Waals surface area contributed by atoms with Crippen molar-refractivity contribution in [1.82, 2.24) is 15.1 Å². The fourth-order valence-electron chi connectivity index (χ4n) is 1.91. The summed E-state index contributed by atoms with van der Waals surface area (Å²) in [4.78, 5) is 12.0. The maximum atomic E-state index is 12.0. The van der Waals surface area contributed by atoms with E-state index in [0.29, 0.717) is 5.76 Å². The number of furan rings is 1. The van der Waals surface area contributed by atoms with E-state index in [4.69, 9.17) is 9.68 Å². The maximum Gasteiger partial charge on any atom is 0.320 e. The number of nitriles is 1. The van der Waals surface area contributed by atoms with Gasteiger partial charge in [-0.1, -0.05) is 0 Å². The molecule has 122 valence electrons. The molecule has 0 aliphatic carbocycles. The molecule has 8 nitrogen and oxygen atoms in total. The van der Waals surface area contributed by atoms with Crippen LogP contribution in [-0.2, 0) is 5.60 Å². The van der Waals surface area contributed by atoms with Gasteiger partial charge in [0.2, 0.25) is 0 Å². The lowest BCUT2D eigenvalue weighted by molar-refractivity contribution is 0.0372. The number of carbonyl (C=O) groups excluding carboxylic acids is 1. The van der Waals surface area contributed by atoms with E-state index in [-0.39, 0.29) is 24.0 Å². The van der Waals surface area contributed by atoms with Gasteiger partial charge < -0.3 is 14.8 Å². The van der Waals surface area contributed by atoms with Crippen molar-refractivity contribution < 1.29 is 14.3 Å². The van der Waals surface area contributed by atoms with Crippen LogP contribution in [0.25, 0.3) is 0 Å². The molecule has 0 aliphatic heterocycles. The zero-order valence-electron chi connectivity index (χ0n) is 13.2. The molecule has 2 rings (SSSR count). The molecule has 2 aromatic rings. The maximum absolute atomic E-state index is 12.0. The van der Waals surface area contributed by atoms with Crippen molar-refractivity contribution in [2.75, 3.05) is 11.9 Å². The number of hydrogen-bond donors (Lipinski definition) is 3. The molecule has 2 heterocycles. The third-order valence-corrected chi connectivity index (χ3v) is 3.26. The first-order chi connectivity index (χ1) is 10.8. The summed E-state index contributed by atoms with van der Waals surface area (Å²) in [6, 6.07) is 4.76. The van der Waals surface area contributed by atoms with Crippen molar-refractivity contribution in [2.45, 2.75) is 32.4 Å². The van der Waals surface area contributed by atoms with Crippen molar-refractivity contribution in [2.24, 2.45) is 0 Å². The van der Waals surface area contributed by atoms with Crippen molar-refractivity contribution in [1.29, 1.82) is 5.26 Å². The summed E-state index contributed by atoms with van der Waals surface area (Å²) >= 11 is 0. The van der Waals surface area contributed by atoms with Gasteiger partial charge in [-0.15, -0.1) is 0 Å². The van der Waals surface area contributed by atoms with Crippen molar-refractivity contribution in [3.63, 3.8) is 0 Å². The lowest BCUT2D eigenvalue weighted by atomic mass is 10.0. The molecule has 0 saturated carbocycles. The lowest BCUT2D eigenvalue weighted by Gasteiger charge is -2.21. The summed E-state index contributed by atoms with van der Waals surface area (Å²) in [5.74, 6) is 0.524. The molecule has 0 aliphatic rings. The van der Waals surface area contributed by atoms with Gasteiger partial charge in [0, 0.05) is 12.2 Å². The minimum atomic E-state index is -1.34. The van der Waals surface area contributed by atoms with Gasteiger partial charge >= 0.3 is 6.03 Å². The van der Waals surface area contributed by atoms with Gasteiger partial charge in [0.1, 0.15) is 23.0 Å². The number of amides is 2. The van der Waals surface area contributed by atoms with Crippen LogP contribution in [0.5, 0.6) is 0 Å². The largest absolute Gasteiger partial charge is 0.466 e. The van der Waals surface area contributed by atoms with Crippen LogP contribution in [0.3, 0.4) is 0 Å². The van der Waals surface area contributed by atoms with Gasteiger partial charge in [-0.2, -0.15) is 10.4 Å². The number of aliphatic hydroxyl groups is 1. The molecule has 0 bridgehead atoms. The first-order valence-corrected chi connectivity index (χ1v) is 7.14. The molecule has 0 radical (unpaired) electrons. The normalized spacial score (nSPS) is 13.4. The van der Waals surface area contributed by atoms with E-state index in [1.54, 1.807) is 23.0 Å². The molecule has 1 unspecified atom stereocenters. The van der Waals surface area contributed by atoms with Crippen LogP contribution < -0.4 is 10.6 Å². The number of rotatable bonds is 5. The van der Waals surface area contributed by atoms with Gasteiger partial charge in [-0.25, -0.2) is 4.79 Å². The van der Waals surface area contributed by atoms with Crippen molar-refractivity contribution in [3.8, 4) is 6.07 Å². The average Bonchev–Trinajstić information content (AvgIpc) is 3.15.